The molecule has 0 unspecified atom stereocenters. The molecule has 0 amide bonds. The van der Waals surface area contributed by atoms with Gasteiger partial charge in [0, 0.05) is 0 Å². The molecular weight excluding hydrogens is 178 g/mol. The Hall–Kier alpha value is -2.08. The minimum Gasteiger partial charge on any atom is -0.477 e. The quantitative estimate of drug-likeness (QED) is 0.568. The fraction of sp³-hybridized carbons (Fsp3) is 0.0909. The van der Waals surface area contributed by atoms with Crippen LogP contribution in [-0.2, 0) is 4.79 Å². The van der Waals surface area contributed by atoms with Crippen molar-refractivity contribution in [3.63, 3.8) is 0 Å². The van der Waals surface area contributed by atoms with Gasteiger partial charge < -0.3 is 5.11 Å². The molecule has 0 aliphatic heterocycles. The first-order valence-electron chi connectivity index (χ1n) is 4.05. The van der Waals surface area contributed by atoms with Crippen LogP contribution in [0.15, 0.2) is 29.8 Å². The molecule has 1 rings (SSSR count). The van der Waals surface area contributed by atoms with Crippen LogP contribution in [0.3, 0.4) is 0 Å². The second-order valence-corrected chi connectivity index (χ2v) is 2.89. The van der Waals surface area contributed by atoms with E-state index in [2.05, 4.69) is 0 Å². The highest BCUT2D eigenvalue weighted by atomic mass is 16.4. The van der Waals surface area contributed by atoms with Crippen LogP contribution in [-0.4, -0.2) is 11.1 Å². The molecule has 1 aromatic rings. The zero-order valence-corrected chi connectivity index (χ0v) is 7.69. The molecule has 1 aromatic carbocycles. The molecule has 70 valence electrons. The zero-order valence-electron chi connectivity index (χ0n) is 7.69. The van der Waals surface area contributed by atoms with Gasteiger partial charge in [-0.1, -0.05) is 29.8 Å². The molecule has 0 fully saturated rings. The summed E-state index contributed by atoms with van der Waals surface area (Å²) in [5.41, 5.74) is 1.50. The number of carboxylic acids is 1. The molecule has 0 radical (unpaired) electrons. The highest BCUT2D eigenvalue weighted by Crippen LogP contribution is 2.08. The third-order valence-corrected chi connectivity index (χ3v) is 1.70. The summed E-state index contributed by atoms with van der Waals surface area (Å²) in [6.07, 6.45) is 1.36. The Labute approximate surface area is 81.9 Å². The Bertz CT molecular complexity index is 427. The number of aliphatic carboxylic acids is 1. The van der Waals surface area contributed by atoms with Crippen LogP contribution in [0, 0.1) is 18.3 Å². The van der Waals surface area contributed by atoms with Crippen LogP contribution in [0.25, 0.3) is 6.08 Å². The molecule has 0 saturated carbocycles. The normalized spacial score (nSPS) is 10.7. The summed E-state index contributed by atoms with van der Waals surface area (Å²) >= 11 is 0. The van der Waals surface area contributed by atoms with Gasteiger partial charge in [-0.3, -0.25) is 0 Å². The lowest BCUT2D eigenvalue weighted by atomic mass is 10.1. The molecule has 0 spiro atoms. The van der Waals surface area contributed by atoms with Crippen molar-refractivity contribution in [2.75, 3.05) is 0 Å². The average Bonchev–Trinajstić information content (AvgIpc) is 2.14. The first-order valence-corrected chi connectivity index (χ1v) is 4.05. The average molecular weight is 187 g/mol. The summed E-state index contributed by atoms with van der Waals surface area (Å²) in [5.74, 6) is -1.20. The second-order valence-electron chi connectivity index (χ2n) is 2.89. The maximum atomic E-state index is 10.5. The van der Waals surface area contributed by atoms with Crippen molar-refractivity contribution in [1.82, 2.24) is 0 Å². The van der Waals surface area contributed by atoms with Crippen LogP contribution in [0.4, 0.5) is 0 Å². The van der Waals surface area contributed by atoms with Crippen molar-refractivity contribution in [3.05, 3.63) is 41.0 Å². The van der Waals surface area contributed by atoms with E-state index in [4.69, 9.17) is 10.4 Å². The number of aryl methyl sites for hydroxylation is 1. The zero-order chi connectivity index (χ0) is 10.6. The van der Waals surface area contributed by atoms with Gasteiger partial charge in [-0.2, -0.15) is 5.26 Å². The van der Waals surface area contributed by atoms with E-state index in [-0.39, 0.29) is 5.57 Å². The Kier molecular flexibility index (Phi) is 3.03. The molecule has 0 atom stereocenters. The van der Waals surface area contributed by atoms with Crippen molar-refractivity contribution in [3.8, 4) is 6.07 Å². The van der Waals surface area contributed by atoms with Gasteiger partial charge in [-0.15, -0.1) is 0 Å². The molecular formula is C11H9NO2. The number of nitrogens with zero attached hydrogens (tertiary/aromatic N) is 1. The Morgan fingerprint density at radius 2 is 2.29 bits per heavy atom. The molecule has 3 nitrogen and oxygen atoms in total. The number of hydrogen-bond acceptors (Lipinski definition) is 2. The van der Waals surface area contributed by atoms with Gasteiger partial charge in [-0.25, -0.2) is 4.79 Å². The number of benzene rings is 1. The van der Waals surface area contributed by atoms with Crippen LogP contribution < -0.4 is 0 Å². The van der Waals surface area contributed by atoms with Crippen LogP contribution >= 0.6 is 0 Å². The highest BCUT2D eigenvalue weighted by molar-refractivity contribution is 5.96. The van der Waals surface area contributed by atoms with Crippen LogP contribution in [0.1, 0.15) is 11.1 Å². The Morgan fingerprint density at radius 1 is 1.57 bits per heavy atom. The summed E-state index contributed by atoms with van der Waals surface area (Å²) in [7, 11) is 0. The van der Waals surface area contributed by atoms with Gasteiger partial charge in [0.15, 0.2) is 0 Å². The molecule has 1 N–H and O–H groups in total. The smallest absolute Gasteiger partial charge is 0.346 e. The highest BCUT2D eigenvalue weighted by Gasteiger charge is 2.04. The van der Waals surface area contributed by atoms with E-state index in [1.54, 1.807) is 12.1 Å². The van der Waals surface area contributed by atoms with Gasteiger partial charge in [-0.05, 0) is 18.6 Å². The van der Waals surface area contributed by atoms with Crippen LogP contribution in [0.2, 0.25) is 0 Å². The minimum absolute atomic E-state index is 0.254. The van der Waals surface area contributed by atoms with Gasteiger partial charge >= 0.3 is 5.97 Å². The lowest BCUT2D eigenvalue weighted by Crippen LogP contribution is -1.97. The van der Waals surface area contributed by atoms with Crippen molar-refractivity contribution >= 4 is 12.0 Å². The molecule has 0 heterocycles. The van der Waals surface area contributed by atoms with Crippen molar-refractivity contribution in [2.24, 2.45) is 0 Å². The molecule has 0 saturated heterocycles. The number of hydrogen-bond donors (Lipinski definition) is 1. The SMILES string of the molecule is Cc1cccc(/C=C(/C#N)C(=O)O)c1. The lowest BCUT2D eigenvalue weighted by Gasteiger charge is -1.95. The Morgan fingerprint density at radius 3 is 2.79 bits per heavy atom. The molecule has 0 aromatic heterocycles. The monoisotopic (exact) mass is 187 g/mol. The van der Waals surface area contributed by atoms with Gasteiger partial charge in [0.05, 0.1) is 0 Å². The number of nitriles is 1. The second kappa shape index (κ2) is 4.24. The van der Waals surface area contributed by atoms with Gasteiger partial charge in [0.2, 0.25) is 0 Å². The van der Waals surface area contributed by atoms with Crippen molar-refractivity contribution < 1.29 is 9.90 Å². The topological polar surface area (TPSA) is 61.1 Å². The number of rotatable bonds is 2. The van der Waals surface area contributed by atoms with Crippen LogP contribution in [0.5, 0.6) is 0 Å². The predicted octanol–water partition coefficient (Wildman–Crippen LogP) is 1.99. The van der Waals surface area contributed by atoms with Gasteiger partial charge in [0.25, 0.3) is 0 Å². The molecule has 14 heavy (non-hydrogen) atoms. The molecule has 0 bridgehead atoms. The number of carboxylic acid groups (broad SMARTS) is 1. The van der Waals surface area contributed by atoms with E-state index in [1.165, 1.54) is 6.08 Å². The maximum Gasteiger partial charge on any atom is 0.346 e. The van der Waals surface area contributed by atoms with E-state index in [1.807, 2.05) is 25.1 Å². The van der Waals surface area contributed by atoms with E-state index in [0.717, 1.165) is 11.1 Å². The van der Waals surface area contributed by atoms with Gasteiger partial charge in [0.1, 0.15) is 11.6 Å². The Balaban J connectivity index is 3.08. The first-order chi connectivity index (χ1) is 6.63. The molecule has 0 aliphatic carbocycles. The molecule has 3 heteroatoms. The third-order valence-electron chi connectivity index (χ3n) is 1.70. The fourth-order valence-corrected chi connectivity index (χ4v) is 1.07. The van der Waals surface area contributed by atoms with E-state index in [9.17, 15) is 4.79 Å². The largest absolute Gasteiger partial charge is 0.477 e. The third kappa shape index (κ3) is 2.46. The summed E-state index contributed by atoms with van der Waals surface area (Å²) in [4.78, 5) is 10.5. The summed E-state index contributed by atoms with van der Waals surface area (Å²) < 4.78 is 0. The predicted molar refractivity (Wildman–Crippen MR) is 52.4 cm³/mol. The van der Waals surface area contributed by atoms with Crippen molar-refractivity contribution in [1.29, 1.82) is 5.26 Å². The summed E-state index contributed by atoms with van der Waals surface area (Å²) in [6, 6.07) is 8.93. The summed E-state index contributed by atoms with van der Waals surface area (Å²) in [6.45, 7) is 1.91. The van der Waals surface area contributed by atoms with E-state index < -0.39 is 5.97 Å². The lowest BCUT2D eigenvalue weighted by molar-refractivity contribution is -0.132. The van der Waals surface area contributed by atoms with Crippen molar-refractivity contribution in [2.45, 2.75) is 6.92 Å². The molecule has 0 aliphatic rings. The minimum atomic E-state index is -1.20. The number of carbonyl (C=O) groups is 1. The standard InChI is InChI=1S/C11H9NO2/c1-8-3-2-4-9(5-8)6-10(7-12)11(13)14/h2-6H,1H3,(H,13,14)/b10-6-. The van der Waals surface area contributed by atoms with E-state index >= 15 is 0 Å². The van der Waals surface area contributed by atoms with E-state index in [0.29, 0.717) is 0 Å². The first kappa shape index (κ1) is 10.0. The summed E-state index contributed by atoms with van der Waals surface area (Å²) in [5, 5.41) is 17.1. The maximum absolute atomic E-state index is 10.5. The fourth-order valence-electron chi connectivity index (χ4n) is 1.07.